The molecular weight excluding hydrogens is 413 g/mol. The van der Waals surface area contributed by atoms with E-state index in [0.29, 0.717) is 11.6 Å². The van der Waals surface area contributed by atoms with Gasteiger partial charge in [-0.3, -0.25) is 9.78 Å². The maximum Gasteiger partial charge on any atom is 1.00 e. The van der Waals surface area contributed by atoms with Crippen LogP contribution in [0.2, 0.25) is 0 Å². The van der Waals surface area contributed by atoms with Crippen LogP contribution in [0.15, 0.2) is 53.9 Å². The molecule has 2 heterocycles. The van der Waals surface area contributed by atoms with Crippen LogP contribution >= 0.6 is 0 Å². The molecule has 1 fully saturated rings. The van der Waals surface area contributed by atoms with Gasteiger partial charge in [0, 0.05) is 37.0 Å². The summed E-state index contributed by atoms with van der Waals surface area (Å²) in [6.07, 6.45) is 14.0. The summed E-state index contributed by atoms with van der Waals surface area (Å²) in [5, 5.41) is 6.13. The van der Waals surface area contributed by atoms with Crippen LogP contribution in [0.5, 0.6) is 0 Å². The van der Waals surface area contributed by atoms with Crippen molar-refractivity contribution >= 4 is 23.5 Å². The van der Waals surface area contributed by atoms with Crippen LogP contribution in [0.25, 0.3) is 0 Å². The molecule has 2 N–H and O–H groups in total. The van der Waals surface area contributed by atoms with Crippen LogP contribution in [0, 0.1) is 19.7 Å². The number of nitrogens with one attached hydrogen (secondary N) is 2. The SMILES string of the molecule is Cc1cncc(C(=O)Nc2cccc(C(C)N[C-]=CN=C3C=[N+](C4CCC4)[CH-]3)c2)c1.[K+]. The number of aryl methyl sites for hydroxylation is 1. The molecule has 1 atom stereocenters. The molecule has 1 saturated carbocycles. The Labute approximate surface area is 226 Å². The fourth-order valence-electron chi connectivity index (χ4n) is 3.38. The van der Waals surface area contributed by atoms with Crippen molar-refractivity contribution in [1.82, 2.24) is 10.3 Å². The normalized spacial score (nSPS) is 17.6. The van der Waals surface area contributed by atoms with Crippen LogP contribution in [0.4, 0.5) is 5.69 Å². The Bertz CT molecular complexity index is 1030. The summed E-state index contributed by atoms with van der Waals surface area (Å²) in [6, 6.07) is 10.3. The van der Waals surface area contributed by atoms with Crippen molar-refractivity contribution in [1.29, 1.82) is 0 Å². The number of hydrogen-bond acceptors (Lipinski definition) is 4. The maximum atomic E-state index is 12.4. The first-order chi connectivity index (χ1) is 14.6. The molecule has 31 heavy (non-hydrogen) atoms. The van der Waals surface area contributed by atoms with Gasteiger partial charge in [-0.1, -0.05) is 12.1 Å². The number of benzene rings is 1. The molecule has 1 aliphatic carbocycles. The van der Waals surface area contributed by atoms with Crippen molar-refractivity contribution in [3.8, 4) is 0 Å². The second-order valence-electron chi connectivity index (χ2n) is 7.81. The Kier molecular flexibility index (Phi) is 8.63. The molecule has 0 radical (unpaired) electrons. The monoisotopic (exact) mass is 439 g/mol. The quantitative estimate of drug-likeness (QED) is 0.291. The summed E-state index contributed by atoms with van der Waals surface area (Å²) < 4.78 is 2.25. The number of nitrogens with zero attached hydrogens (tertiary/aromatic N) is 3. The van der Waals surface area contributed by atoms with Gasteiger partial charge in [-0.15, -0.1) is 6.20 Å². The fourth-order valence-corrected chi connectivity index (χ4v) is 3.38. The molecule has 1 amide bonds. The molecule has 1 aromatic heterocycles. The van der Waals surface area contributed by atoms with Gasteiger partial charge in [0.15, 0.2) is 0 Å². The number of pyridine rings is 1. The van der Waals surface area contributed by atoms with Crippen LogP contribution in [0.3, 0.4) is 0 Å². The Morgan fingerprint density at radius 1 is 1.35 bits per heavy atom. The van der Waals surface area contributed by atoms with E-state index in [9.17, 15) is 4.79 Å². The second kappa shape index (κ2) is 11.2. The minimum absolute atomic E-state index is 0. The molecule has 0 spiro atoms. The Morgan fingerprint density at radius 3 is 2.87 bits per heavy atom. The smallest absolute Gasteiger partial charge is 0.560 e. The van der Waals surface area contributed by atoms with Crippen molar-refractivity contribution in [2.24, 2.45) is 4.99 Å². The molecule has 2 aromatic rings. The predicted octanol–water partition coefficient (Wildman–Crippen LogP) is 0.824. The summed E-state index contributed by atoms with van der Waals surface area (Å²) in [5.41, 5.74) is 4.25. The summed E-state index contributed by atoms with van der Waals surface area (Å²) in [5.74, 6) is -0.171. The largest absolute Gasteiger partial charge is 1.00 e. The van der Waals surface area contributed by atoms with Gasteiger partial charge in [-0.05, 0) is 49.6 Å². The summed E-state index contributed by atoms with van der Waals surface area (Å²) in [4.78, 5) is 20.9. The zero-order chi connectivity index (χ0) is 20.9. The average molecular weight is 440 g/mol. The number of rotatable bonds is 7. The molecule has 1 aromatic carbocycles. The van der Waals surface area contributed by atoms with E-state index >= 15 is 0 Å². The minimum atomic E-state index is -0.171. The van der Waals surface area contributed by atoms with Crippen molar-refractivity contribution < 1.29 is 60.8 Å². The summed E-state index contributed by atoms with van der Waals surface area (Å²) in [6.45, 7) is 6.04. The van der Waals surface area contributed by atoms with Crippen LogP contribution in [-0.4, -0.2) is 33.4 Å². The molecule has 7 heteroatoms. The van der Waals surface area contributed by atoms with E-state index in [1.54, 1.807) is 18.6 Å². The number of amides is 1. The van der Waals surface area contributed by atoms with Gasteiger partial charge < -0.3 is 26.4 Å². The van der Waals surface area contributed by atoms with Crippen molar-refractivity contribution in [2.75, 3.05) is 5.32 Å². The van der Waals surface area contributed by atoms with E-state index in [0.717, 1.165) is 22.5 Å². The number of anilines is 1. The Morgan fingerprint density at radius 2 is 2.16 bits per heavy atom. The zero-order valence-electron chi connectivity index (χ0n) is 18.3. The van der Waals surface area contributed by atoms with Crippen molar-refractivity contribution in [2.45, 2.75) is 45.2 Å². The Balaban J connectivity index is 0.00000272. The fraction of sp³-hybridized carbons (Fsp3) is 0.292. The van der Waals surface area contributed by atoms with Crippen LogP contribution < -0.4 is 62.0 Å². The molecule has 2 aliphatic rings. The molecule has 0 saturated heterocycles. The first-order valence-corrected chi connectivity index (χ1v) is 10.3. The third-order valence-corrected chi connectivity index (χ3v) is 5.42. The third-order valence-electron chi connectivity index (χ3n) is 5.42. The Hall–Kier alpha value is -1.77. The minimum Gasteiger partial charge on any atom is -0.560 e. The molecule has 6 nitrogen and oxygen atoms in total. The van der Waals surface area contributed by atoms with E-state index in [1.165, 1.54) is 19.3 Å². The topological polar surface area (TPSA) is 69.4 Å². The summed E-state index contributed by atoms with van der Waals surface area (Å²) in [7, 11) is 0. The summed E-state index contributed by atoms with van der Waals surface area (Å²) >= 11 is 0. The molecule has 4 rings (SSSR count). The zero-order valence-corrected chi connectivity index (χ0v) is 21.4. The van der Waals surface area contributed by atoms with Gasteiger partial charge in [0.1, 0.15) is 6.04 Å². The van der Waals surface area contributed by atoms with Gasteiger partial charge in [0.25, 0.3) is 5.91 Å². The first-order valence-electron chi connectivity index (χ1n) is 10.3. The predicted molar refractivity (Wildman–Crippen MR) is 118 cm³/mol. The second-order valence-corrected chi connectivity index (χ2v) is 7.81. The molecule has 1 aliphatic heterocycles. The first kappa shape index (κ1) is 23.9. The van der Waals surface area contributed by atoms with Crippen LogP contribution in [-0.2, 0) is 0 Å². The van der Waals surface area contributed by atoms with Crippen molar-refractivity contribution in [3.63, 3.8) is 0 Å². The number of carbonyl (C=O) groups excluding carboxylic acids is 1. The maximum absolute atomic E-state index is 12.4. The van der Waals surface area contributed by atoms with Gasteiger partial charge in [-0.25, -0.2) is 0 Å². The van der Waals surface area contributed by atoms with E-state index in [1.807, 2.05) is 44.2 Å². The number of hydrogen-bond donors (Lipinski definition) is 2. The average Bonchev–Trinajstić information content (AvgIpc) is 2.67. The van der Waals surface area contributed by atoms with Crippen molar-refractivity contribution in [3.05, 3.63) is 78.4 Å². The third kappa shape index (κ3) is 6.37. The van der Waals surface area contributed by atoms with Gasteiger partial charge in [0.2, 0.25) is 0 Å². The van der Waals surface area contributed by atoms with Gasteiger partial charge in [0.05, 0.1) is 24.0 Å². The van der Waals surface area contributed by atoms with Gasteiger partial charge in [-0.2, -0.15) is 0 Å². The number of aliphatic imine (C=N–C) groups is 1. The number of carbonyl (C=O) groups is 1. The van der Waals surface area contributed by atoms with E-state index in [2.05, 4.69) is 44.1 Å². The van der Waals surface area contributed by atoms with Gasteiger partial charge >= 0.3 is 51.4 Å². The standard InChI is InChI=1S/C24H26N5O.K/c1-17-11-20(14-25-13-17)24(30)28-21-6-3-5-19(12-21)18(2)26-9-10-27-22-15-29(16-22)23-7-4-8-23;/h3,5-6,10-16,18,23,26H,4,7-8H2,1-2H3,(H,28,30);/q-1;+1. The van der Waals surface area contributed by atoms with E-state index < -0.39 is 0 Å². The molecular formula is C24H26KN5O. The molecule has 1 unspecified atom stereocenters. The molecule has 154 valence electrons. The van der Waals surface area contributed by atoms with E-state index in [4.69, 9.17) is 0 Å². The molecule has 0 bridgehead atoms. The van der Waals surface area contributed by atoms with E-state index in [-0.39, 0.29) is 63.3 Å². The number of aromatic nitrogens is 1. The van der Waals surface area contributed by atoms with Crippen LogP contribution in [0.1, 0.15) is 53.7 Å².